The first-order chi connectivity index (χ1) is 6.07. The maximum absolute atomic E-state index is 10.8. The molecule has 0 aromatic rings. The molecule has 0 bridgehead atoms. The lowest BCUT2D eigenvalue weighted by molar-refractivity contribution is 0.588. The van der Waals surface area contributed by atoms with Gasteiger partial charge in [0, 0.05) is 0 Å². The molecule has 3 N–H and O–H groups in total. The predicted octanol–water partition coefficient (Wildman–Crippen LogP) is -1.54. The Morgan fingerprint density at radius 3 is 2.71 bits per heavy atom. The average molecular weight is 234 g/mol. The van der Waals surface area contributed by atoms with E-state index in [1.807, 2.05) is 0 Å². The number of nitrogens with zero attached hydrogens (tertiary/aromatic N) is 4. The van der Waals surface area contributed by atoms with Gasteiger partial charge in [0.05, 0.1) is 6.20 Å². The molecule has 2 aliphatic rings. The summed E-state index contributed by atoms with van der Waals surface area (Å²) < 4.78 is 21.6. The number of fused-ring (bicyclic) bond motifs is 1. The van der Waals surface area contributed by atoms with E-state index in [9.17, 15) is 8.42 Å². The number of hydrogen-bond donors (Lipinski definition) is 2. The molecule has 0 aromatic heterocycles. The molecule has 2 rings (SSSR count). The number of nitrogens with one attached hydrogen (secondary N) is 1. The fourth-order valence-corrected chi connectivity index (χ4v) is 1.23. The molecule has 14 heavy (non-hydrogen) atoms. The largest absolute Gasteiger partial charge is 0.311 e. The normalized spacial score (nSPS) is 11.2. The standard InChI is InChI=1S/C4H4N6O2S.H2S/c5-13(11,12)4-6-1-2-3(7-4)9-10-8-2;/h1H,(H2,5,11,12)(H,6,7,8,9,10);1H2. The SMILES string of the molecule is NS(=O)(=O)c1ncc2nnnc-2[nH]1.S. The van der Waals surface area contributed by atoms with Crippen molar-refractivity contribution in [1.29, 1.82) is 0 Å². The highest BCUT2D eigenvalue weighted by Crippen LogP contribution is 2.11. The van der Waals surface area contributed by atoms with Crippen molar-refractivity contribution >= 4 is 23.5 Å². The van der Waals surface area contributed by atoms with Gasteiger partial charge in [-0.05, 0) is 5.21 Å². The molecule has 0 aromatic carbocycles. The van der Waals surface area contributed by atoms with E-state index in [4.69, 9.17) is 5.14 Å². The van der Waals surface area contributed by atoms with Crippen LogP contribution in [-0.4, -0.2) is 33.8 Å². The van der Waals surface area contributed by atoms with Crippen LogP contribution in [0.1, 0.15) is 0 Å². The zero-order valence-electron chi connectivity index (χ0n) is 6.67. The second-order valence-electron chi connectivity index (χ2n) is 2.26. The maximum Gasteiger partial charge on any atom is 0.271 e. The zero-order chi connectivity index (χ0) is 9.47. The predicted molar refractivity (Wildman–Crippen MR) is 50.3 cm³/mol. The Labute approximate surface area is 85.8 Å². The molecule has 8 nitrogen and oxygen atoms in total. The Morgan fingerprint density at radius 1 is 1.36 bits per heavy atom. The Balaban J connectivity index is 0.000000980. The first-order valence-electron chi connectivity index (χ1n) is 3.14. The van der Waals surface area contributed by atoms with Crippen LogP contribution in [0.4, 0.5) is 0 Å². The highest BCUT2D eigenvalue weighted by atomic mass is 32.2. The third-order valence-electron chi connectivity index (χ3n) is 1.34. The van der Waals surface area contributed by atoms with Crippen LogP contribution in [0.15, 0.2) is 11.4 Å². The van der Waals surface area contributed by atoms with Gasteiger partial charge in [-0.25, -0.2) is 18.5 Å². The summed E-state index contributed by atoms with van der Waals surface area (Å²) >= 11 is 0. The zero-order valence-corrected chi connectivity index (χ0v) is 8.48. The second-order valence-corrected chi connectivity index (χ2v) is 3.73. The van der Waals surface area contributed by atoms with Crippen molar-refractivity contribution in [2.24, 2.45) is 5.14 Å². The highest BCUT2D eigenvalue weighted by Gasteiger charge is 2.15. The van der Waals surface area contributed by atoms with Crippen LogP contribution in [0.5, 0.6) is 0 Å². The number of rotatable bonds is 1. The van der Waals surface area contributed by atoms with Crippen LogP contribution in [0, 0.1) is 0 Å². The fourth-order valence-electron chi connectivity index (χ4n) is 0.788. The molecule has 0 unspecified atom stereocenters. The van der Waals surface area contributed by atoms with Gasteiger partial charge in [-0.2, -0.15) is 13.5 Å². The Kier molecular flexibility index (Phi) is 2.69. The molecule has 0 aliphatic carbocycles. The van der Waals surface area contributed by atoms with E-state index >= 15 is 0 Å². The number of aromatic nitrogens is 5. The smallest absolute Gasteiger partial charge is 0.271 e. The quantitative estimate of drug-likeness (QED) is 0.575. The van der Waals surface area contributed by atoms with Crippen LogP contribution in [0.25, 0.3) is 11.5 Å². The van der Waals surface area contributed by atoms with Crippen molar-refractivity contribution in [2.45, 2.75) is 5.16 Å². The number of aromatic amines is 1. The molecule has 0 saturated heterocycles. The summed E-state index contributed by atoms with van der Waals surface area (Å²) in [6.07, 6.45) is 1.23. The summed E-state index contributed by atoms with van der Waals surface area (Å²) in [4.78, 5) is 5.93. The van der Waals surface area contributed by atoms with Gasteiger partial charge >= 0.3 is 0 Å². The number of sulfonamides is 1. The molecule has 0 atom stereocenters. The summed E-state index contributed by atoms with van der Waals surface area (Å²) in [7, 11) is -3.83. The molecule has 2 heterocycles. The highest BCUT2D eigenvalue weighted by molar-refractivity contribution is 7.89. The molecule has 0 fully saturated rings. The monoisotopic (exact) mass is 234 g/mol. The molecule has 0 amide bonds. The Morgan fingerprint density at radius 2 is 2.07 bits per heavy atom. The summed E-state index contributed by atoms with van der Waals surface area (Å²) in [5.74, 6) is 0.235. The number of H-pyrrole nitrogens is 1. The number of nitrogens with two attached hydrogens (primary N) is 1. The van der Waals surface area contributed by atoms with Crippen molar-refractivity contribution in [2.75, 3.05) is 0 Å². The van der Waals surface area contributed by atoms with Gasteiger partial charge in [-0.3, -0.25) is 0 Å². The van der Waals surface area contributed by atoms with Crippen LogP contribution < -0.4 is 5.14 Å². The summed E-state index contributed by atoms with van der Waals surface area (Å²) in [6, 6.07) is 0. The first kappa shape index (κ1) is 10.8. The summed E-state index contributed by atoms with van der Waals surface area (Å²) in [5, 5.41) is 14.9. The van der Waals surface area contributed by atoms with Crippen molar-refractivity contribution in [3.8, 4) is 11.5 Å². The van der Waals surface area contributed by atoms with E-state index in [2.05, 4.69) is 25.4 Å². The fraction of sp³-hybridized carbons (Fsp3) is 0. The molecular weight excluding hydrogens is 228 g/mol. The molecule has 10 heteroatoms. The summed E-state index contributed by atoms with van der Waals surface area (Å²) in [5.41, 5.74) is 0.382. The van der Waals surface area contributed by atoms with E-state index in [1.54, 1.807) is 0 Å². The number of primary sulfonamides is 1. The maximum atomic E-state index is 10.8. The van der Waals surface area contributed by atoms with Gasteiger partial charge in [-0.1, -0.05) is 0 Å². The minimum Gasteiger partial charge on any atom is -0.311 e. The van der Waals surface area contributed by atoms with Crippen molar-refractivity contribution in [3.63, 3.8) is 0 Å². The van der Waals surface area contributed by atoms with Crippen molar-refractivity contribution in [1.82, 2.24) is 25.4 Å². The lowest BCUT2D eigenvalue weighted by atomic mass is 10.4. The molecular formula is C4H6N6O2S2. The van der Waals surface area contributed by atoms with E-state index in [0.29, 0.717) is 5.69 Å². The molecule has 0 spiro atoms. The topological polar surface area (TPSA) is 128 Å². The van der Waals surface area contributed by atoms with Gasteiger partial charge < -0.3 is 4.98 Å². The van der Waals surface area contributed by atoms with E-state index in [0.717, 1.165) is 0 Å². The molecule has 2 aliphatic heterocycles. The summed E-state index contributed by atoms with van der Waals surface area (Å²) in [6.45, 7) is 0. The lowest BCUT2D eigenvalue weighted by Gasteiger charge is -1.98. The van der Waals surface area contributed by atoms with Gasteiger partial charge in [0.25, 0.3) is 10.0 Å². The Bertz CT molecular complexity index is 507. The van der Waals surface area contributed by atoms with Gasteiger partial charge in [0.1, 0.15) is 0 Å². The lowest BCUT2D eigenvalue weighted by Crippen LogP contribution is -2.16. The van der Waals surface area contributed by atoms with Gasteiger partial charge in [-0.15, -0.1) is 10.2 Å². The molecule has 76 valence electrons. The van der Waals surface area contributed by atoms with Crippen LogP contribution >= 0.6 is 13.5 Å². The van der Waals surface area contributed by atoms with Crippen molar-refractivity contribution in [3.05, 3.63) is 6.20 Å². The van der Waals surface area contributed by atoms with Crippen LogP contribution in [0.3, 0.4) is 0 Å². The third kappa shape index (κ3) is 1.81. The minimum absolute atomic E-state index is 0. The average Bonchev–Trinajstić information content (AvgIpc) is 2.47. The minimum atomic E-state index is -3.83. The van der Waals surface area contributed by atoms with Crippen molar-refractivity contribution < 1.29 is 8.42 Å². The molecule has 0 radical (unpaired) electrons. The van der Waals surface area contributed by atoms with Gasteiger partial charge in [0.2, 0.25) is 5.16 Å². The number of hydrogen-bond acceptors (Lipinski definition) is 6. The Hall–Kier alpha value is -1.26. The molecule has 0 saturated carbocycles. The van der Waals surface area contributed by atoms with Crippen LogP contribution in [0.2, 0.25) is 0 Å². The van der Waals surface area contributed by atoms with E-state index in [1.165, 1.54) is 6.20 Å². The van der Waals surface area contributed by atoms with Gasteiger partial charge in [0.15, 0.2) is 11.5 Å². The van der Waals surface area contributed by atoms with E-state index in [-0.39, 0.29) is 24.5 Å². The van der Waals surface area contributed by atoms with Crippen LogP contribution in [-0.2, 0) is 10.0 Å². The third-order valence-corrected chi connectivity index (χ3v) is 2.09. The second kappa shape index (κ2) is 3.48. The van der Waals surface area contributed by atoms with E-state index < -0.39 is 10.0 Å². The first-order valence-corrected chi connectivity index (χ1v) is 4.69.